The van der Waals surface area contributed by atoms with Crippen LogP contribution in [-0.2, 0) is 16.8 Å². The predicted molar refractivity (Wildman–Crippen MR) is 94.0 cm³/mol. The fourth-order valence-corrected chi connectivity index (χ4v) is 2.99. The second kappa shape index (κ2) is 7.62. The number of carbonyl (C=O) groups is 1. The largest absolute Gasteiger partial charge is 0.324 e. The molecule has 0 unspecified atom stereocenters. The van der Waals surface area contributed by atoms with E-state index in [4.69, 9.17) is 0 Å². The topological polar surface area (TPSA) is 59.0 Å². The number of hydrogen-bond acceptors (Lipinski definition) is 3. The molecule has 1 aliphatic heterocycles. The van der Waals surface area contributed by atoms with Crippen molar-refractivity contribution in [2.75, 3.05) is 18.4 Å². The lowest BCUT2D eigenvalue weighted by Crippen LogP contribution is -2.52. The molecule has 1 fully saturated rings. The van der Waals surface area contributed by atoms with E-state index >= 15 is 0 Å². The molecule has 0 bridgehead atoms. The summed E-state index contributed by atoms with van der Waals surface area (Å²) in [6.45, 7) is 3.76. The first-order valence-electron chi connectivity index (χ1n) is 7.86. The number of piperidine rings is 1. The van der Waals surface area contributed by atoms with Crippen LogP contribution in [0.4, 0.5) is 5.69 Å². The van der Waals surface area contributed by atoms with Crippen molar-refractivity contribution in [2.45, 2.75) is 31.7 Å². The summed E-state index contributed by atoms with van der Waals surface area (Å²) in [6.07, 6.45) is 6.09. The molecule has 3 rings (SSSR count). The Morgan fingerprint density at radius 3 is 2.57 bits per heavy atom. The Hall–Kier alpha value is -1.85. The summed E-state index contributed by atoms with van der Waals surface area (Å²) >= 11 is 0. The van der Waals surface area contributed by atoms with Gasteiger partial charge in [-0.3, -0.25) is 9.48 Å². The Morgan fingerprint density at radius 1 is 1.30 bits per heavy atom. The normalized spacial score (nSPS) is 16.4. The minimum absolute atomic E-state index is 0. The molecule has 5 nitrogen and oxygen atoms in total. The van der Waals surface area contributed by atoms with Gasteiger partial charge in [0.05, 0.1) is 0 Å². The van der Waals surface area contributed by atoms with Gasteiger partial charge in [0.25, 0.3) is 5.91 Å². The standard InChI is InChI=1S/C17H22N4O.ClH/c1-2-14-4-6-15(7-5-14)20-16(22)17(8-11-18-12-9-17)21-13-3-10-19-21;/h3-7,10,13,18H,2,8-9,11-12H2,1H3,(H,20,22);1H. The van der Waals surface area contributed by atoms with Crippen molar-refractivity contribution in [3.05, 3.63) is 48.3 Å². The highest BCUT2D eigenvalue weighted by atomic mass is 35.5. The van der Waals surface area contributed by atoms with Gasteiger partial charge in [-0.2, -0.15) is 5.10 Å². The maximum Gasteiger partial charge on any atom is 0.252 e. The summed E-state index contributed by atoms with van der Waals surface area (Å²) in [7, 11) is 0. The third kappa shape index (κ3) is 3.57. The molecule has 1 aromatic carbocycles. The Bertz CT molecular complexity index is 619. The molecule has 0 saturated carbocycles. The smallest absolute Gasteiger partial charge is 0.252 e. The van der Waals surface area contributed by atoms with Crippen molar-refractivity contribution in [2.24, 2.45) is 0 Å². The van der Waals surface area contributed by atoms with Gasteiger partial charge in [-0.15, -0.1) is 12.4 Å². The summed E-state index contributed by atoms with van der Waals surface area (Å²) in [5.41, 5.74) is 1.51. The minimum atomic E-state index is -0.599. The number of anilines is 1. The molecule has 2 heterocycles. The van der Waals surface area contributed by atoms with E-state index in [0.29, 0.717) is 0 Å². The molecule has 0 spiro atoms. The lowest BCUT2D eigenvalue weighted by Gasteiger charge is -2.36. The van der Waals surface area contributed by atoms with Crippen LogP contribution < -0.4 is 10.6 Å². The van der Waals surface area contributed by atoms with E-state index in [-0.39, 0.29) is 18.3 Å². The van der Waals surface area contributed by atoms with E-state index in [9.17, 15) is 4.79 Å². The summed E-state index contributed by atoms with van der Waals surface area (Å²) < 4.78 is 1.81. The highest BCUT2D eigenvalue weighted by molar-refractivity contribution is 5.96. The van der Waals surface area contributed by atoms with Crippen molar-refractivity contribution in [3.63, 3.8) is 0 Å². The number of aromatic nitrogens is 2. The van der Waals surface area contributed by atoms with Gasteiger partial charge in [0.15, 0.2) is 0 Å². The Labute approximate surface area is 142 Å². The van der Waals surface area contributed by atoms with Crippen LogP contribution in [0.15, 0.2) is 42.7 Å². The first-order valence-corrected chi connectivity index (χ1v) is 7.86. The summed E-state index contributed by atoms with van der Waals surface area (Å²) in [6, 6.07) is 9.91. The fraction of sp³-hybridized carbons (Fsp3) is 0.412. The number of nitrogens with zero attached hydrogens (tertiary/aromatic N) is 2. The molecule has 23 heavy (non-hydrogen) atoms. The average molecular weight is 335 g/mol. The van der Waals surface area contributed by atoms with Gasteiger partial charge in [-0.05, 0) is 56.1 Å². The Morgan fingerprint density at radius 2 is 2.00 bits per heavy atom. The summed E-state index contributed by atoms with van der Waals surface area (Å²) in [5, 5.41) is 10.7. The molecule has 1 aromatic heterocycles. The number of nitrogens with one attached hydrogen (secondary N) is 2. The first-order chi connectivity index (χ1) is 10.7. The number of hydrogen-bond donors (Lipinski definition) is 2. The summed E-state index contributed by atoms with van der Waals surface area (Å²) in [5.74, 6) is 0.0157. The van der Waals surface area contributed by atoms with Gasteiger partial charge in [0.1, 0.15) is 5.54 Å². The maximum atomic E-state index is 12.9. The van der Waals surface area contributed by atoms with Gasteiger partial charge in [-0.1, -0.05) is 19.1 Å². The molecule has 124 valence electrons. The Kier molecular flexibility index (Phi) is 5.80. The van der Waals surface area contributed by atoms with E-state index < -0.39 is 5.54 Å². The highest BCUT2D eigenvalue weighted by Gasteiger charge is 2.41. The van der Waals surface area contributed by atoms with Crippen LogP contribution in [0.25, 0.3) is 0 Å². The van der Waals surface area contributed by atoms with Gasteiger partial charge in [0.2, 0.25) is 0 Å². The van der Waals surface area contributed by atoms with E-state index in [1.54, 1.807) is 6.20 Å². The SMILES string of the molecule is CCc1ccc(NC(=O)C2(n3cccn3)CCNCC2)cc1.Cl. The lowest BCUT2D eigenvalue weighted by atomic mass is 9.87. The molecule has 0 aliphatic carbocycles. The number of benzene rings is 1. The van der Waals surface area contributed by atoms with E-state index in [1.165, 1.54) is 5.56 Å². The van der Waals surface area contributed by atoms with Crippen molar-refractivity contribution >= 4 is 24.0 Å². The molecule has 2 aromatic rings. The zero-order valence-corrected chi connectivity index (χ0v) is 14.1. The van der Waals surface area contributed by atoms with Crippen molar-refractivity contribution < 1.29 is 4.79 Å². The van der Waals surface area contributed by atoms with E-state index in [1.807, 2.05) is 29.1 Å². The van der Waals surface area contributed by atoms with Crippen LogP contribution in [0, 0.1) is 0 Å². The number of halogens is 1. The second-order valence-corrected chi connectivity index (χ2v) is 5.74. The molecule has 1 amide bonds. The highest BCUT2D eigenvalue weighted by Crippen LogP contribution is 2.28. The van der Waals surface area contributed by atoms with Gasteiger partial charge < -0.3 is 10.6 Å². The van der Waals surface area contributed by atoms with Crippen molar-refractivity contribution in [3.8, 4) is 0 Å². The molecule has 0 radical (unpaired) electrons. The van der Waals surface area contributed by atoms with Crippen LogP contribution in [0.3, 0.4) is 0 Å². The maximum absolute atomic E-state index is 12.9. The average Bonchev–Trinajstić information content (AvgIpc) is 3.11. The van der Waals surface area contributed by atoms with Gasteiger partial charge in [0, 0.05) is 18.1 Å². The number of carbonyl (C=O) groups excluding carboxylic acids is 1. The van der Waals surface area contributed by atoms with Crippen molar-refractivity contribution in [1.29, 1.82) is 0 Å². The molecule has 2 N–H and O–H groups in total. The van der Waals surface area contributed by atoms with Crippen LogP contribution in [0.5, 0.6) is 0 Å². The minimum Gasteiger partial charge on any atom is -0.324 e. The number of amides is 1. The summed E-state index contributed by atoms with van der Waals surface area (Å²) in [4.78, 5) is 12.9. The van der Waals surface area contributed by atoms with Gasteiger partial charge in [-0.25, -0.2) is 0 Å². The van der Waals surface area contributed by atoms with Crippen LogP contribution >= 0.6 is 12.4 Å². The molecule has 0 atom stereocenters. The molecule has 1 saturated heterocycles. The van der Waals surface area contributed by atoms with Crippen LogP contribution in [-0.4, -0.2) is 28.8 Å². The van der Waals surface area contributed by atoms with Crippen LogP contribution in [0.2, 0.25) is 0 Å². The lowest BCUT2D eigenvalue weighted by molar-refractivity contribution is -0.126. The van der Waals surface area contributed by atoms with Gasteiger partial charge >= 0.3 is 0 Å². The second-order valence-electron chi connectivity index (χ2n) is 5.74. The first kappa shape index (κ1) is 17.5. The molecular formula is C17H23ClN4O. The third-order valence-corrected chi connectivity index (χ3v) is 4.42. The molecular weight excluding hydrogens is 312 g/mol. The third-order valence-electron chi connectivity index (χ3n) is 4.42. The molecule has 1 aliphatic rings. The van der Waals surface area contributed by atoms with E-state index in [2.05, 4.69) is 34.8 Å². The fourth-order valence-electron chi connectivity index (χ4n) is 2.99. The zero-order chi connectivity index (χ0) is 15.4. The quantitative estimate of drug-likeness (QED) is 0.903. The Balaban J connectivity index is 0.00000192. The zero-order valence-electron chi connectivity index (χ0n) is 13.3. The van der Waals surface area contributed by atoms with E-state index in [0.717, 1.165) is 38.0 Å². The van der Waals surface area contributed by atoms with Crippen LogP contribution in [0.1, 0.15) is 25.3 Å². The molecule has 6 heteroatoms. The van der Waals surface area contributed by atoms with Crippen molar-refractivity contribution in [1.82, 2.24) is 15.1 Å². The monoisotopic (exact) mass is 334 g/mol. The number of rotatable bonds is 4. The number of aryl methyl sites for hydroxylation is 1. The predicted octanol–water partition coefficient (Wildman–Crippen LogP) is 2.58.